The van der Waals surface area contributed by atoms with Crippen LogP contribution in [0.25, 0.3) is 10.2 Å². The third-order valence-electron chi connectivity index (χ3n) is 4.74. The number of aliphatic hydroxyl groups is 1. The number of rotatable bonds is 6. The number of aromatic nitrogens is 2. The molecule has 1 aliphatic carbocycles. The third kappa shape index (κ3) is 4.10. The van der Waals surface area contributed by atoms with E-state index in [1.807, 2.05) is 0 Å². The zero-order chi connectivity index (χ0) is 18.8. The number of aliphatic hydroxyl groups excluding tert-OH is 1. The maximum Gasteiger partial charge on any atom is 0.165 e. The van der Waals surface area contributed by atoms with Gasteiger partial charge in [-0.1, -0.05) is 19.1 Å². The first kappa shape index (κ1) is 18.7. The van der Waals surface area contributed by atoms with Gasteiger partial charge in [0.25, 0.3) is 0 Å². The topological polar surface area (TPSA) is 55.2 Å². The first-order valence-corrected chi connectivity index (χ1v) is 10.9. The molecule has 1 aliphatic rings. The SMILES string of the molecule is C[C@H]1CCc2c(sc3ncnc(SC[C@H](O)COc4ccccc4F)c23)C1. The van der Waals surface area contributed by atoms with Crippen molar-refractivity contribution in [3.8, 4) is 5.75 Å². The van der Waals surface area contributed by atoms with Crippen LogP contribution in [0.5, 0.6) is 5.75 Å². The number of hydrogen-bond acceptors (Lipinski definition) is 6. The summed E-state index contributed by atoms with van der Waals surface area (Å²) < 4.78 is 19.0. The molecule has 2 atom stereocenters. The number of benzene rings is 1. The molecule has 0 saturated carbocycles. The number of thiophene rings is 1. The van der Waals surface area contributed by atoms with Gasteiger partial charge >= 0.3 is 0 Å². The highest BCUT2D eigenvalue weighted by Gasteiger charge is 2.23. The molecule has 0 bridgehead atoms. The van der Waals surface area contributed by atoms with Gasteiger partial charge < -0.3 is 9.84 Å². The Hall–Kier alpha value is -1.70. The molecule has 3 aromatic rings. The highest BCUT2D eigenvalue weighted by molar-refractivity contribution is 7.99. The van der Waals surface area contributed by atoms with Gasteiger partial charge in [0.05, 0.1) is 6.10 Å². The second kappa shape index (κ2) is 8.12. The second-order valence-electron chi connectivity index (χ2n) is 6.92. The number of aryl methyl sites for hydroxylation is 1. The van der Waals surface area contributed by atoms with E-state index in [0.717, 1.165) is 28.1 Å². The zero-order valence-corrected chi connectivity index (χ0v) is 16.7. The second-order valence-corrected chi connectivity index (χ2v) is 9.01. The van der Waals surface area contributed by atoms with Crippen molar-refractivity contribution in [1.82, 2.24) is 9.97 Å². The van der Waals surface area contributed by atoms with E-state index in [1.165, 1.54) is 34.7 Å². The van der Waals surface area contributed by atoms with Gasteiger partial charge in [0.15, 0.2) is 11.6 Å². The summed E-state index contributed by atoms with van der Waals surface area (Å²) in [5, 5.41) is 12.3. The van der Waals surface area contributed by atoms with Gasteiger partial charge in [-0.25, -0.2) is 14.4 Å². The number of nitrogens with zero attached hydrogens (tertiary/aromatic N) is 2. The summed E-state index contributed by atoms with van der Waals surface area (Å²) in [6.07, 6.45) is 4.25. The standard InChI is InChI=1S/C20H21FN2O2S2/c1-12-6-7-14-17(8-12)27-20-18(14)19(22-11-23-20)26-10-13(24)9-25-16-5-3-2-4-15(16)21/h2-5,11-13,24H,6-10H2,1H3/t12-,13+/m0/s1. The van der Waals surface area contributed by atoms with Crippen molar-refractivity contribution in [3.05, 3.63) is 46.9 Å². The molecule has 142 valence electrons. The first-order chi connectivity index (χ1) is 13.1. The number of fused-ring (bicyclic) bond motifs is 3. The molecule has 27 heavy (non-hydrogen) atoms. The van der Waals surface area contributed by atoms with Crippen molar-refractivity contribution in [2.24, 2.45) is 5.92 Å². The Bertz CT molecular complexity index is 947. The third-order valence-corrected chi connectivity index (χ3v) is 7.03. The summed E-state index contributed by atoms with van der Waals surface area (Å²) in [6, 6.07) is 6.21. The molecule has 0 saturated heterocycles. The Labute approximate surface area is 165 Å². The van der Waals surface area contributed by atoms with E-state index in [-0.39, 0.29) is 12.4 Å². The number of hydrogen-bond donors (Lipinski definition) is 1. The average molecular weight is 405 g/mol. The first-order valence-electron chi connectivity index (χ1n) is 9.05. The Morgan fingerprint density at radius 3 is 3.07 bits per heavy atom. The lowest BCUT2D eigenvalue weighted by Crippen LogP contribution is -2.20. The summed E-state index contributed by atoms with van der Waals surface area (Å²) in [5.74, 6) is 0.884. The molecule has 0 radical (unpaired) electrons. The van der Waals surface area contributed by atoms with E-state index >= 15 is 0 Å². The van der Waals surface area contributed by atoms with Crippen molar-refractivity contribution in [1.29, 1.82) is 0 Å². The predicted octanol–water partition coefficient (Wildman–Crippen LogP) is 4.49. The molecule has 0 aliphatic heterocycles. The fourth-order valence-electron chi connectivity index (χ4n) is 3.33. The smallest absolute Gasteiger partial charge is 0.165 e. The van der Waals surface area contributed by atoms with Gasteiger partial charge in [-0.05, 0) is 42.9 Å². The van der Waals surface area contributed by atoms with Crippen LogP contribution >= 0.6 is 23.1 Å². The van der Waals surface area contributed by atoms with Crippen molar-refractivity contribution in [3.63, 3.8) is 0 Å². The summed E-state index contributed by atoms with van der Waals surface area (Å²) in [7, 11) is 0. The molecular formula is C20H21FN2O2S2. The highest BCUT2D eigenvalue weighted by Crippen LogP contribution is 2.40. The van der Waals surface area contributed by atoms with Crippen LogP contribution in [0.15, 0.2) is 35.6 Å². The molecule has 0 amide bonds. The van der Waals surface area contributed by atoms with Gasteiger partial charge in [-0.3, -0.25) is 0 Å². The Morgan fingerprint density at radius 1 is 1.37 bits per heavy atom. The lowest BCUT2D eigenvalue weighted by molar-refractivity contribution is 0.123. The van der Waals surface area contributed by atoms with E-state index in [9.17, 15) is 9.50 Å². The number of para-hydroxylation sites is 1. The van der Waals surface area contributed by atoms with Gasteiger partial charge in [-0.15, -0.1) is 23.1 Å². The fourth-order valence-corrected chi connectivity index (χ4v) is 5.67. The molecule has 2 aromatic heterocycles. The van der Waals surface area contributed by atoms with Crippen LogP contribution in [0, 0.1) is 11.7 Å². The van der Waals surface area contributed by atoms with E-state index in [0.29, 0.717) is 11.7 Å². The van der Waals surface area contributed by atoms with E-state index in [1.54, 1.807) is 35.9 Å². The van der Waals surface area contributed by atoms with Gasteiger partial charge in [0.2, 0.25) is 0 Å². The molecule has 0 fully saturated rings. The van der Waals surface area contributed by atoms with E-state index in [2.05, 4.69) is 16.9 Å². The fraction of sp³-hybridized carbons (Fsp3) is 0.400. The van der Waals surface area contributed by atoms with Crippen LogP contribution in [-0.4, -0.2) is 33.5 Å². The van der Waals surface area contributed by atoms with Crippen molar-refractivity contribution in [2.75, 3.05) is 12.4 Å². The summed E-state index contributed by atoms with van der Waals surface area (Å²) in [5.41, 5.74) is 1.38. The molecule has 4 nitrogen and oxygen atoms in total. The predicted molar refractivity (Wildman–Crippen MR) is 107 cm³/mol. The molecule has 2 heterocycles. The van der Waals surface area contributed by atoms with Crippen molar-refractivity contribution >= 4 is 33.3 Å². The van der Waals surface area contributed by atoms with Crippen molar-refractivity contribution < 1.29 is 14.2 Å². The maximum absolute atomic E-state index is 13.6. The largest absolute Gasteiger partial charge is 0.488 e. The normalized spacial score (nSPS) is 17.7. The summed E-state index contributed by atoms with van der Waals surface area (Å²) >= 11 is 3.28. The monoisotopic (exact) mass is 404 g/mol. The Kier molecular flexibility index (Phi) is 5.61. The minimum absolute atomic E-state index is 0.0431. The molecule has 1 N–H and O–H groups in total. The van der Waals surface area contributed by atoms with E-state index < -0.39 is 11.9 Å². The summed E-state index contributed by atoms with van der Waals surface area (Å²) in [4.78, 5) is 11.4. The van der Waals surface area contributed by atoms with E-state index in [4.69, 9.17) is 4.74 Å². The highest BCUT2D eigenvalue weighted by atomic mass is 32.2. The van der Waals surface area contributed by atoms with Gasteiger partial charge in [-0.2, -0.15) is 0 Å². The lowest BCUT2D eigenvalue weighted by atomic mass is 9.89. The van der Waals surface area contributed by atoms with Crippen LogP contribution < -0.4 is 4.74 Å². The maximum atomic E-state index is 13.6. The molecule has 4 rings (SSSR count). The molecule has 7 heteroatoms. The summed E-state index contributed by atoms with van der Waals surface area (Å²) in [6.45, 7) is 2.34. The number of ether oxygens (including phenoxy) is 1. The van der Waals surface area contributed by atoms with Crippen molar-refractivity contribution in [2.45, 2.75) is 37.3 Å². The van der Waals surface area contributed by atoms with Crippen LogP contribution in [-0.2, 0) is 12.8 Å². The molecule has 1 aromatic carbocycles. The zero-order valence-electron chi connectivity index (χ0n) is 15.0. The Morgan fingerprint density at radius 2 is 2.22 bits per heavy atom. The quantitative estimate of drug-likeness (QED) is 0.485. The average Bonchev–Trinajstić information content (AvgIpc) is 3.03. The van der Waals surface area contributed by atoms with Crippen LogP contribution in [0.3, 0.4) is 0 Å². The van der Waals surface area contributed by atoms with Crippen LogP contribution in [0.2, 0.25) is 0 Å². The minimum Gasteiger partial charge on any atom is -0.488 e. The lowest BCUT2D eigenvalue weighted by Gasteiger charge is -2.18. The van der Waals surface area contributed by atoms with Gasteiger partial charge in [0.1, 0.15) is 22.8 Å². The molecule has 0 spiro atoms. The van der Waals surface area contributed by atoms with Crippen LogP contribution in [0.1, 0.15) is 23.8 Å². The van der Waals surface area contributed by atoms with Gasteiger partial charge in [0, 0.05) is 16.0 Å². The minimum atomic E-state index is -0.714. The number of halogens is 1. The Balaban J connectivity index is 1.44. The molecular weight excluding hydrogens is 383 g/mol. The number of thioether (sulfide) groups is 1. The molecule has 0 unspecified atom stereocenters. The van der Waals surface area contributed by atoms with Crippen LogP contribution in [0.4, 0.5) is 4.39 Å².